The fourth-order valence-electron chi connectivity index (χ4n) is 3.52. The van der Waals surface area contributed by atoms with Gasteiger partial charge in [0.15, 0.2) is 0 Å². The Kier molecular flexibility index (Phi) is 5.23. The summed E-state index contributed by atoms with van der Waals surface area (Å²) in [5, 5.41) is 0.858. The Hall–Kier alpha value is -2.30. The maximum atomic E-state index is 6.29. The third kappa shape index (κ3) is 3.92. The van der Waals surface area contributed by atoms with Crippen molar-refractivity contribution in [3.8, 4) is 11.1 Å². The molecule has 26 heavy (non-hydrogen) atoms. The fourth-order valence-corrected chi connectivity index (χ4v) is 3.72. The Morgan fingerprint density at radius 2 is 1.69 bits per heavy atom. The number of hydrogen-bond acceptors (Lipinski definition) is 4. The van der Waals surface area contributed by atoms with Crippen LogP contribution in [0.1, 0.15) is 30.0 Å². The second-order valence-electron chi connectivity index (χ2n) is 6.74. The number of hydrogen-bond donors (Lipinski definition) is 0. The quantitative estimate of drug-likeness (QED) is 0.680. The van der Waals surface area contributed by atoms with Crippen molar-refractivity contribution in [2.24, 2.45) is 0 Å². The molecule has 0 spiro atoms. The fraction of sp³-hybridized carbons (Fsp3) is 0.286. The van der Waals surface area contributed by atoms with Crippen molar-refractivity contribution in [2.75, 3.05) is 13.1 Å². The van der Waals surface area contributed by atoms with Crippen LogP contribution in [0.3, 0.4) is 0 Å². The SMILES string of the molecule is Clc1ccccc1CN1CCC(c2ccc(-c3cncnc3)cn2)CC1. The second-order valence-corrected chi connectivity index (χ2v) is 7.15. The first-order valence-corrected chi connectivity index (χ1v) is 9.34. The van der Waals surface area contributed by atoms with Crippen LogP contribution in [0.25, 0.3) is 11.1 Å². The van der Waals surface area contributed by atoms with Crippen molar-refractivity contribution in [3.63, 3.8) is 0 Å². The van der Waals surface area contributed by atoms with E-state index in [1.807, 2.05) is 30.7 Å². The molecule has 1 aliphatic heterocycles. The van der Waals surface area contributed by atoms with Crippen LogP contribution in [0.5, 0.6) is 0 Å². The van der Waals surface area contributed by atoms with Crippen molar-refractivity contribution in [1.82, 2.24) is 19.9 Å². The molecule has 0 radical (unpaired) electrons. The van der Waals surface area contributed by atoms with Gasteiger partial charge in [-0.2, -0.15) is 0 Å². The first-order valence-electron chi connectivity index (χ1n) is 8.97. The van der Waals surface area contributed by atoms with Gasteiger partial charge in [0.2, 0.25) is 0 Å². The highest BCUT2D eigenvalue weighted by Crippen LogP contribution is 2.29. The van der Waals surface area contributed by atoms with Crippen LogP contribution in [-0.2, 0) is 6.54 Å². The number of benzene rings is 1. The van der Waals surface area contributed by atoms with E-state index in [0.717, 1.165) is 48.6 Å². The monoisotopic (exact) mass is 364 g/mol. The molecular weight excluding hydrogens is 344 g/mol. The average molecular weight is 365 g/mol. The standard InChI is InChI=1S/C21H21ClN4/c22-20-4-2-1-3-18(20)14-26-9-7-16(8-10-26)21-6-5-17(13-25-21)19-11-23-15-24-12-19/h1-6,11-13,15-16H,7-10,14H2. The second kappa shape index (κ2) is 7.94. The minimum Gasteiger partial charge on any atom is -0.299 e. The molecule has 1 aliphatic rings. The van der Waals surface area contributed by atoms with E-state index in [1.165, 1.54) is 11.3 Å². The average Bonchev–Trinajstić information content (AvgIpc) is 2.71. The van der Waals surface area contributed by atoms with E-state index in [2.05, 4.69) is 39.1 Å². The minimum atomic E-state index is 0.526. The number of pyridine rings is 1. The van der Waals surface area contributed by atoms with Gasteiger partial charge in [0.25, 0.3) is 0 Å². The molecule has 0 unspecified atom stereocenters. The van der Waals surface area contributed by atoms with E-state index >= 15 is 0 Å². The summed E-state index contributed by atoms with van der Waals surface area (Å²) >= 11 is 6.29. The highest BCUT2D eigenvalue weighted by molar-refractivity contribution is 6.31. The molecule has 5 heteroatoms. The molecule has 0 N–H and O–H groups in total. The number of piperidine rings is 1. The zero-order valence-electron chi connectivity index (χ0n) is 14.6. The zero-order valence-corrected chi connectivity index (χ0v) is 15.3. The van der Waals surface area contributed by atoms with Crippen LogP contribution < -0.4 is 0 Å². The van der Waals surface area contributed by atoms with Gasteiger partial charge in [0, 0.05) is 52.9 Å². The smallest absolute Gasteiger partial charge is 0.115 e. The van der Waals surface area contributed by atoms with Crippen LogP contribution in [0.4, 0.5) is 0 Å². The zero-order chi connectivity index (χ0) is 17.8. The lowest BCUT2D eigenvalue weighted by Gasteiger charge is -2.32. The van der Waals surface area contributed by atoms with Crippen molar-refractivity contribution in [1.29, 1.82) is 0 Å². The molecule has 0 bridgehead atoms. The Morgan fingerprint density at radius 3 is 2.38 bits per heavy atom. The molecule has 0 amide bonds. The molecule has 0 saturated carbocycles. The lowest BCUT2D eigenvalue weighted by atomic mass is 9.92. The number of likely N-dealkylation sites (tertiary alicyclic amines) is 1. The van der Waals surface area contributed by atoms with Crippen molar-refractivity contribution >= 4 is 11.6 Å². The normalized spacial score (nSPS) is 15.9. The summed E-state index contributed by atoms with van der Waals surface area (Å²) in [6.07, 6.45) is 9.37. The van der Waals surface area contributed by atoms with Crippen LogP contribution in [0.2, 0.25) is 5.02 Å². The third-order valence-electron chi connectivity index (χ3n) is 5.04. The van der Waals surface area contributed by atoms with E-state index < -0.39 is 0 Å². The molecule has 0 aliphatic carbocycles. The van der Waals surface area contributed by atoms with Crippen LogP contribution >= 0.6 is 11.6 Å². The predicted octanol–water partition coefficient (Wildman–Crippen LogP) is 4.57. The molecule has 132 valence electrons. The summed E-state index contributed by atoms with van der Waals surface area (Å²) < 4.78 is 0. The van der Waals surface area contributed by atoms with E-state index in [9.17, 15) is 0 Å². The van der Waals surface area contributed by atoms with E-state index in [0.29, 0.717) is 5.92 Å². The van der Waals surface area contributed by atoms with Crippen molar-refractivity contribution in [2.45, 2.75) is 25.3 Å². The van der Waals surface area contributed by atoms with Crippen molar-refractivity contribution < 1.29 is 0 Å². The van der Waals surface area contributed by atoms with Gasteiger partial charge in [-0.05, 0) is 43.6 Å². The van der Waals surface area contributed by atoms with Crippen LogP contribution in [-0.4, -0.2) is 32.9 Å². The highest BCUT2D eigenvalue weighted by Gasteiger charge is 2.22. The maximum absolute atomic E-state index is 6.29. The summed E-state index contributed by atoms with van der Waals surface area (Å²) in [5.41, 5.74) is 4.45. The molecule has 1 saturated heterocycles. The van der Waals surface area contributed by atoms with Gasteiger partial charge in [0.1, 0.15) is 6.33 Å². The highest BCUT2D eigenvalue weighted by atomic mass is 35.5. The maximum Gasteiger partial charge on any atom is 0.115 e. The molecule has 4 nitrogen and oxygen atoms in total. The van der Waals surface area contributed by atoms with Gasteiger partial charge in [-0.25, -0.2) is 9.97 Å². The number of nitrogens with zero attached hydrogens (tertiary/aromatic N) is 4. The van der Waals surface area contributed by atoms with Gasteiger partial charge >= 0.3 is 0 Å². The molecule has 1 fully saturated rings. The molecule has 4 rings (SSSR count). The Morgan fingerprint density at radius 1 is 0.923 bits per heavy atom. The van der Waals surface area contributed by atoms with Crippen LogP contribution in [0, 0.1) is 0 Å². The summed E-state index contributed by atoms with van der Waals surface area (Å²) in [7, 11) is 0. The molecule has 3 heterocycles. The summed E-state index contributed by atoms with van der Waals surface area (Å²) in [5.74, 6) is 0.526. The molecule has 3 aromatic rings. The van der Waals surface area contributed by atoms with Crippen LogP contribution in [0.15, 0.2) is 61.3 Å². The topological polar surface area (TPSA) is 41.9 Å². The molecule has 1 aromatic carbocycles. The summed E-state index contributed by atoms with van der Waals surface area (Å²) in [6.45, 7) is 3.07. The van der Waals surface area contributed by atoms with Gasteiger partial charge in [-0.1, -0.05) is 35.9 Å². The molecular formula is C21H21ClN4. The van der Waals surface area contributed by atoms with E-state index in [4.69, 9.17) is 16.6 Å². The Labute approximate surface area is 158 Å². The lowest BCUT2D eigenvalue weighted by molar-refractivity contribution is 0.203. The minimum absolute atomic E-state index is 0.526. The Balaban J connectivity index is 1.37. The van der Waals surface area contributed by atoms with Crippen molar-refractivity contribution in [3.05, 3.63) is 77.6 Å². The third-order valence-corrected chi connectivity index (χ3v) is 5.41. The van der Waals surface area contributed by atoms with E-state index in [-0.39, 0.29) is 0 Å². The van der Waals surface area contributed by atoms with Gasteiger partial charge < -0.3 is 0 Å². The lowest BCUT2D eigenvalue weighted by Crippen LogP contribution is -2.32. The number of halogens is 1. The predicted molar refractivity (Wildman–Crippen MR) is 104 cm³/mol. The number of rotatable bonds is 4. The Bertz CT molecular complexity index is 843. The van der Waals surface area contributed by atoms with Gasteiger partial charge in [-0.3, -0.25) is 9.88 Å². The van der Waals surface area contributed by atoms with Gasteiger partial charge in [0.05, 0.1) is 0 Å². The molecule has 2 aromatic heterocycles. The van der Waals surface area contributed by atoms with E-state index in [1.54, 1.807) is 6.33 Å². The number of aromatic nitrogens is 3. The first-order chi connectivity index (χ1) is 12.8. The largest absolute Gasteiger partial charge is 0.299 e. The first kappa shape index (κ1) is 17.1. The summed E-state index contributed by atoms with van der Waals surface area (Å²) in [6, 6.07) is 12.4. The summed E-state index contributed by atoms with van der Waals surface area (Å²) in [4.78, 5) is 15.3. The molecule has 0 atom stereocenters. The van der Waals surface area contributed by atoms with Gasteiger partial charge in [-0.15, -0.1) is 0 Å².